The summed E-state index contributed by atoms with van der Waals surface area (Å²) in [6, 6.07) is 31.4. The summed E-state index contributed by atoms with van der Waals surface area (Å²) in [6.45, 7) is 0. The van der Waals surface area contributed by atoms with Crippen LogP contribution in [-0.2, 0) is 0 Å². The van der Waals surface area contributed by atoms with Crippen molar-refractivity contribution < 1.29 is 0 Å². The number of anilines is 1. The molecule has 1 N–H and O–H groups in total. The molecule has 3 aromatic rings. The second kappa shape index (κ2) is 8.86. The highest BCUT2D eigenvalue weighted by atomic mass is 32.1. The van der Waals surface area contributed by atoms with Gasteiger partial charge in [-0.25, -0.2) is 5.01 Å². The van der Waals surface area contributed by atoms with Gasteiger partial charge < -0.3 is 5.32 Å². The third-order valence-corrected chi connectivity index (χ3v) is 6.31. The van der Waals surface area contributed by atoms with Gasteiger partial charge in [-0.2, -0.15) is 5.10 Å². The fourth-order valence-corrected chi connectivity index (χ4v) is 4.88. The summed E-state index contributed by atoms with van der Waals surface area (Å²) >= 11 is 5.85. The summed E-state index contributed by atoms with van der Waals surface area (Å²) in [5.41, 5.74) is 5.97. The number of benzene rings is 3. The third-order valence-electron chi connectivity index (χ3n) is 6.02. The first-order valence-corrected chi connectivity index (χ1v) is 11.2. The van der Waals surface area contributed by atoms with Gasteiger partial charge in [0.25, 0.3) is 0 Å². The van der Waals surface area contributed by atoms with Gasteiger partial charge in [0, 0.05) is 11.6 Å². The van der Waals surface area contributed by atoms with Gasteiger partial charge in [-0.15, -0.1) is 0 Å². The molecule has 2 unspecified atom stereocenters. The van der Waals surface area contributed by atoms with E-state index >= 15 is 0 Å². The lowest BCUT2D eigenvalue weighted by Crippen LogP contribution is -2.34. The first kappa shape index (κ1) is 19.7. The summed E-state index contributed by atoms with van der Waals surface area (Å²) in [6.07, 6.45) is 5.63. The first-order valence-electron chi connectivity index (χ1n) is 10.8. The number of hydrogen-bond donors (Lipinski definition) is 1. The standard InChI is InChI=1S/C27H25N3S/c31-27(28-23-16-8-3-9-17-23)30-26(21-13-6-2-7-14-21)24-18-10-15-22(25(24)29-30)19-20-11-4-1-5-12-20/h1-9,11-14,16-17,19,24,26H,10,15,18H2,(H,28,31). The molecule has 1 aliphatic heterocycles. The van der Waals surface area contributed by atoms with Crippen LogP contribution in [0.5, 0.6) is 0 Å². The number of fused-ring (bicyclic) bond motifs is 1. The van der Waals surface area contributed by atoms with E-state index in [4.69, 9.17) is 17.3 Å². The molecule has 1 saturated carbocycles. The molecule has 0 aromatic heterocycles. The summed E-state index contributed by atoms with van der Waals surface area (Å²) in [4.78, 5) is 0. The number of nitrogens with zero attached hydrogens (tertiary/aromatic N) is 2. The molecule has 0 saturated heterocycles. The van der Waals surface area contributed by atoms with Crippen molar-refractivity contribution in [3.63, 3.8) is 0 Å². The Morgan fingerprint density at radius 2 is 1.55 bits per heavy atom. The van der Waals surface area contributed by atoms with Crippen LogP contribution in [-0.4, -0.2) is 15.8 Å². The molecule has 3 nitrogen and oxygen atoms in total. The molecular formula is C27H25N3S. The van der Waals surface area contributed by atoms with E-state index in [2.05, 4.69) is 72.1 Å². The molecule has 1 fully saturated rings. The third kappa shape index (κ3) is 4.17. The highest BCUT2D eigenvalue weighted by Gasteiger charge is 2.42. The van der Waals surface area contributed by atoms with Gasteiger partial charge in [0.1, 0.15) is 0 Å². The van der Waals surface area contributed by atoms with Gasteiger partial charge in [-0.3, -0.25) is 0 Å². The first-order chi connectivity index (χ1) is 15.3. The van der Waals surface area contributed by atoms with Crippen molar-refractivity contribution in [1.82, 2.24) is 5.01 Å². The van der Waals surface area contributed by atoms with Crippen molar-refractivity contribution in [2.75, 3.05) is 5.32 Å². The quantitative estimate of drug-likeness (QED) is 0.476. The Balaban J connectivity index is 1.52. The van der Waals surface area contributed by atoms with E-state index < -0.39 is 0 Å². The molecular weight excluding hydrogens is 398 g/mol. The van der Waals surface area contributed by atoms with Crippen molar-refractivity contribution in [1.29, 1.82) is 0 Å². The van der Waals surface area contributed by atoms with Crippen LogP contribution in [0.15, 0.2) is 102 Å². The van der Waals surface area contributed by atoms with E-state index in [0.717, 1.165) is 18.5 Å². The average molecular weight is 424 g/mol. The normalized spacial score (nSPS) is 21.5. The van der Waals surface area contributed by atoms with Gasteiger partial charge in [0.05, 0.1) is 11.8 Å². The summed E-state index contributed by atoms with van der Waals surface area (Å²) < 4.78 is 0. The minimum absolute atomic E-state index is 0.111. The van der Waals surface area contributed by atoms with Crippen LogP contribution < -0.4 is 5.32 Å². The predicted molar refractivity (Wildman–Crippen MR) is 133 cm³/mol. The second-order valence-electron chi connectivity index (χ2n) is 8.06. The monoisotopic (exact) mass is 423 g/mol. The zero-order valence-corrected chi connectivity index (χ0v) is 18.1. The Morgan fingerprint density at radius 3 is 2.26 bits per heavy atom. The van der Waals surface area contributed by atoms with Crippen LogP contribution in [0.3, 0.4) is 0 Å². The number of allylic oxidation sites excluding steroid dienone is 1. The zero-order valence-electron chi connectivity index (χ0n) is 17.3. The summed E-state index contributed by atoms with van der Waals surface area (Å²) in [5.74, 6) is 0.335. The van der Waals surface area contributed by atoms with E-state index in [1.807, 2.05) is 35.3 Å². The largest absolute Gasteiger partial charge is 0.331 e. The number of para-hydroxylation sites is 1. The Kier molecular flexibility index (Phi) is 5.63. The molecule has 1 heterocycles. The molecule has 31 heavy (non-hydrogen) atoms. The molecule has 3 aromatic carbocycles. The lowest BCUT2D eigenvalue weighted by molar-refractivity contribution is 0.307. The predicted octanol–water partition coefficient (Wildman–Crippen LogP) is 6.68. The topological polar surface area (TPSA) is 27.6 Å². The van der Waals surface area contributed by atoms with Gasteiger partial charge in [-0.05, 0) is 66.4 Å². The maximum absolute atomic E-state index is 5.85. The van der Waals surface area contributed by atoms with Gasteiger partial charge in [0.2, 0.25) is 0 Å². The Bertz CT molecular complexity index is 1110. The Hall–Kier alpha value is -3.24. The Morgan fingerprint density at radius 1 is 0.903 bits per heavy atom. The van der Waals surface area contributed by atoms with E-state index in [-0.39, 0.29) is 6.04 Å². The number of hydrazone groups is 1. The molecule has 0 radical (unpaired) electrons. The number of hydrogen-bond acceptors (Lipinski definition) is 2. The minimum atomic E-state index is 0.111. The van der Waals surface area contributed by atoms with Crippen LogP contribution >= 0.6 is 12.2 Å². The van der Waals surface area contributed by atoms with E-state index in [1.54, 1.807) is 0 Å². The second-order valence-corrected chi connectivity index (χ2v) is 8.45. The molecule has 1 aliphatic carbocycles. The van der Waals surface area contributed by atoms with Gasteiger partial charge in [0.15, 0.2) is 5.11 Å². The molecule has 2 aliphatic rings. The fraction of sp³-hybridized carbons (Fsp3) is 0.185. The number of nitrogens with one attached hydrogen (secondary N) is 1. The summed E-state index contributed by atoms with van der Waals surface area (Å²) in [7, 11) is 0. The molecule has 0 bridgehead atoms. The molecule has 154 valence electrons. The van der Waals surface area contributed by atoms with E-state index in [0.29, 0.717) is 11.0 Å². The van der Waals surface area contributed by atoms with E-state index in [9.17, 15) is 0 Å². The van der Waals surface area contributed by atoms with Crippen molar-refractivity contribution >= 4 is 34.8 Å². The van der Waals surface area contributed by atoms with Gasteiger partial charge in [-0.1, -0.05) is 78.9 Å². The van der Waals surface area contributed by atoms with Crippen LogP contribution in [0.4, 0.5) is 5.69 Å². The Labute approximate surface area is 189 Å². The molecule has 4 heteroatoms. The van der Waals surface area contributed by atoms with E-state index in [1.165, 1.54) is 28.8 Å². The number of rotatable bonds is 3. The SMILES string of the molecule is S=C(Nc1ccccc1)N1N=C2C(=Cc3ccccc3)CCCC2C1c1ccccc1. The average Bonchev–Trinajstić information content (AvgIpc) is 3.22. The highest BCUT2D eigenvalue weighted by molar-refractivity contribution is 7.80. The fourth-order valence-electron chi connectivity index (χ4n) is 4.60. The molecule has 0 amide bonds. The molecule has 5 rings (SSSR count). The summed E-state index contributed by atoms with van der Waals surface area (Å²) in [5, 5.41) is 11.2. The van der Waals surface area contributed by atoms with Crippen molar-refractivity contribution in [3.8, 4) is 0 Å². The molecule has 2 atom stereocenters. The van der Waals surface area contributed by atoms with Crippen LogP contribution in [0.25, 0.3) is 6.08 Å². The molecule has 0 spiro atoms. The zero-order chi connectivity index (χ0) is 21.0. The van der Waals surface area contributed by atoms with Crippen LogP contribution in [0.1, 0.15) is 36.4 Å². The van der Waals surface area contributed by atoms with Crippen molar-refractivity contribution in [3.05, 3.63) is 108 Å². The lowest BCUT2D eigenvalue weighted by atomic mass is 9.77. The van der Waals surface area contributed by atoms with Crippen molar-refractivity contribution in [2.24, 2.45) is 11.0 Å². The maximum atomic E-state index is 5.85. The minimum Gasteiger partial charge on any atom is -0.331 e. The highest BCUT2D eigenvalue weighted by Crippen LogP contribution is 2.44. The number of thiocarbonyl (C=S) groups is 1. The van der Waals surface area contributed by atoms with Crippen LogP contribution in [0.2, 0.25) is 0 Å². The lowest BCUT2D eigenvalue weighted by Gasteiger charge is -2.30. The van der Waals surface area contributed by atoms with Crippen LogP contribution in [0, 0.1) is 5.92 Å². The maximum Gasteiger partial charge on any atom is 0.194 e. The van der Waals surface area contributed by atoms with Crippen molar-refractivity contribution in [2.45, 2.75) is 25.3 Å². The smallest absolute Gasteiger partial charge is 0.194 e. The van der Waals surface area contributed by atoms with Gasteiger partial charge >= 0.3 is 0 Å².